The molecule has 3 nitrogen and oxygen atoms in total. The summed E-state index contributed by atoms with van der Waals surface area (Å²) in [6, 6.07) is 0. The fourth-order valence-electron chi connectivity index (χ4n) is 1.33. The van der Waals surface area contributed by atoms with Crippen molar-refractivity contribution in [3.05, 3.63) is 12.2 Å². The van der Waals surface area contributed by atoms with Gasteiger partial charge in [-0.1, -0.05) is 12.2 Å². The summed E-state index contributed by atoms with van der Waals surface area (Å²) in [5.74, 6) is 0.0647. The normalized spacial score (nSPS) is 21.5. The summed E-state index contributed by atoms with van der Waals surface area (Å²) in [7, 11) is 0. The van der Waals surface area contributed by atoms with Crippen LogP contribution in [0.25, 0.3) is 0 Å². The Balaban J connectivity index is 2.13. The molecule has 1 aliphatic rings. The Hall–Kier alpha value is -0.830. The summed E-state index contributed by atoms with van der Waals surface area (Å²) in [5, 5.41) is 2.79. The molecule has 1 heterocycles. The topological polar surface area (TPSA) is 38.3 Å². The molecule has 74 valence electrons. The van der Waals surface area contributed by atoms with Gasteiger partial charge in [-0.25, -0.2) is 0 Å². The van der Waals surface area contributed by atoms with Crippen LogP contribution in [0.2, 0.25) is 0 Å². The molecular formula is C10H17NO2. The second-order valence-corrected chi connectivity index (χ2v) is 3.57. The largest absolute Gasteiger partial charge is 0.378 e. The lowest BCUT2D eigenvalue weighted by Gasteiger charge is -2.09. The summed E-state index contributed by atoms with van der Waals surface area (Å²) in [4.78, 5) is 11.3. The molecule has 1 fully saturated rings. The fraction of sp³-hybridized carbons (Fsp3) is 0.700. The zero-order valence-corrected chi connectivity index (χ0v) is 8.14. The van der Waals surface area contributed by atoms with Gasteiger partial charge in [-0.3, -0.25) is 4.79 Å². The van der Waals surface area contributed by atoms with Crippen LogP contribution >= 0.6 is 0 Å². The van der Waals surface area contributed by atoms with Gasteiger partial charge >= 0.3 is 0 Å². The van der Waals surface area contributed by atoms with E-state index in [2.05, 4.69) is 11.9 Å². The molecule has 3 heteroatoms. The first kappa shape index (κ1) is 10.3. The molecule has 0 aliphatic carbocycles. The molecular weight excluding hydrogens is 166 g/mol. The molecule has 1 saturated heterocycles. The molecule has 1 atom stereocenters. The third-order valence-corrected chi connectivity index (χ3v) is 2.02. The maximum atomic E-state index is 11.3. The average Bonchev–Trinajstić information content (AvgIpc) is 2.53. The van der Waals surface area contributed by atoms with E-state index in [4.69, 9.17) is 4.74 Å². The molecule has 0 saturated carbocycles. The van der Waals surface area contributed by atoms with Crippen LogP contribution in [0.3, 0.4) is 0 Å². The quantitative estimate of drug-likeness (QED) is 0.666. The van der Waals surface area contributed by atoms with Crippen LogP contribution in [0.1, 0.15) is 26.2 Å². The Labute approximate surface area is 79.2 Å². The van der Waals surface area contributed by atoms with Crippen LogP contribution in [0.15, 0.2) is 12.2 Å². The van der Waals surface area contributed by atoms with Gasteiger partial charge in [0.2, 0.25) is 5.91 Å². The third-order valence-electron chi connectivity index (χ3n) is 2.02. The van der Waals surface area contributed by atoms with Crippen molar-refractivity contribution in [3.8, 4) is 0 Å². The highest BCUT2D eigenvalue weighted by molar-refractivity contribution is 5.76. The number of amides is 1. The van der Waals surface area contributed by atoms with Gasteiger partial charge in [0.15, 0.2) is 0 Å². The van der Waals surface area contributed by atoms with E-state index in [-0.39, 0.29) is 12.0 Å². The monoisotopic (exact) mass is 183 g/mol. The van der Waals surface area contributed by atoms with Crippen molar-refractivity contribution >= 4 is 5.91 Å². The van der Waals surface area contributed by atoms with Crippen molar-refractivity contribution in [2.24, 2.45) is 0 Å². The molecule has 0 aromatic carbocycles. The van der Waals surface area contributed by atoms with E-state index in [1.807, 2.05) is 6.92 Å². The van der Waals surface area contributed by atoms with Crippen LogP contribution in [0.5, 0.6) is 0 Å². The highest BCUT2D eigenvalue weighted by atomic mass is 16.5. The second kappa shape index (κ2) is 5.02. The number of nitrogens with one attached hydrogen (secondary N) is 1. The van der Waals surface area contributed by atoms with Gasteiger partial charge in [-0.15, -0.1) is 0 Å². The van der Waals surface area contributed by atoms with Crippen molar-refractivity contribution in [1.82, 2.24) is 5.32 Å². The standard InChI is InChI=1S/C10H17NO2/c1-8(2)7-11-10(12)6-9-4-3-5-13-9/h9H,1,3-7H2,2H3,(H,11,12). The smallest absolute Gasteiger partial charge is 0.222 e. The lowest BCUT2D eigenvalue weighted by atomic mass is 10.2. The Kier molecular flexibility index (Phi) is 3.96. The van der Waals surface area contributed by atoms with Crippen molar-refractivity contribution in [1.29, 1.82) is 0 Å². The van der Waals surface area contributed by atoms with Crippen LogP contribution in [-0.2, 0) is 9.53 Å². The Bertz CT molecular complexity index is 195. The third kappa shape index (κ3) is 4.08. The number of carbonyl (C=O) groups excluding carboxylic acids is 1. The maximum absolute atomic E-state index is 11.3. The van der Waals surface area contributed by atoms with Crippen LogP contribution < -0.4 is 5.32 Å². The molecule has 1 amide bonds. The predicted molar refractivity (Wildman–Crippen MR) is 51.4 cm³/mol. The summed E-state index contributed by atoms with van der Waals surface area (Å²) >= 11 is 0. The van der Waals surface area contributed by atoms with Crippen LogP contribution in [-0.4, -0.2) is 25.2 Å². The molecule has 0 spiro atoms. The van der Waals surface area contributed by atoms with Crippen molar-refractivity contribution in [2.45, 2.75) is 32.3 Å². The first-order valence-electron chi connectivity index (χ1n) is 4.71. The van der Waals surface area contributed by atoms with Crippen molar-refractivity contribution < 1.29 is 9.53 Å². The van der Waals surface area contributed by atoms with Crippen molar-refractivity contribution in [3.63, 3.8) is 0 Å². The molecule has 0 bridgehead atoms. The van der Waals surface area contributed by atoms with E-state index in [1.165, 1.54) is 0 Å². The van der Waals surface area contributed by atoms with Gasteiger partial charge in [0, 0.05) is 13.2 Å². The lowest BCUT2D eigenvalue weighted by Crippen LogP contribution is -2.28. The molecule has 0 aromatic rings. The Morgan fingerprint density at radius 3 is 3.00 bits per heavy atom. The van der Waals surface area contributed by atoms with E-state index in [9.17, 15) is 4.79 Å². The maximum Gasteiger partial charge on any atom is 0.222 e. The molecule has 13 heavy (non-hydrogen) atoms. The molecule has 1 unspecified atom stereocenters. The van der Waals surface area contributed by atoms with E-state index in [0.29, 0.717) is 13.0 Å². The second-order valence-electron chi connectivity index (χ2n) is 3.57. The number of hydrogen-bond acceptors (Lipinski definition) is 2. The minimum absolute atomic E-state index is 0.0647. The number of hydrogen-bond donors (Lipinski definition) is 1. The van der Waals surface area contributed by atoms with Gasteiger partial charge < -0.3 is 10.1 Å². The minimum atomic E-state index is 0.0647. The predicted octanol–water partition coefficient (Wildman–Crippen LogP) is 1.25. The molecule has 1 N–H and O–H groups in total. The van der Waals surface area contributed by atoms with E-state index >= 15 is 0 Å². The minimum Gasteiger partial charge on any atom is -0.378 e. The molecule has 1 rings (SSSR count). The highest BCUT2D eigenvalue weighted by Gasteiger charge is 2.18. The zero-order valence-electron chi connectivity index (χ0n) is 8.14. The fourth-order valence-corrected chi connectivity index (χ4v) is 1.33. The number of rotatable bonds is 4. The van der Waals surface area contributed by atoms with Crippen LogP contribution in [0.4, 0.5) is 0 Å². The van der Waals surface area contributed by atoms with E-state index in [0.717, 1.165) is 25.0 Å². The van der Waals surface area contributed by atoms with E-state index < -0.39 is 0 Å². The summed E-state index contributed by atoms with van der Waals surface area (Å²) in [6.07, 6.45) is 2.73. The SMILES string of the molecule is C=C(C)CNC(=O)CC1CCCO1. The summed E-state index contributed by atoms with van der Waals surface area (Å²) in [6.45, 7) is 6.99. The molecule has 0 aromatic heterocycles. The zero-order chi connectivity index (χ0) is 9.68. The van der Waals surface area contributed by atoms with Gasteiger partial charge in [0.05, 0.1) is 12.5 Å². The Morgan fingerprint density at radius 1 is 1.69 bits per heavy atom. The number of ether oxygens (including phenoxy) is 1. The van der Waals surface area contributed by atoms with Gasteiger partial charge in [0.1, 0.15) is 0 Å². The van der Waals surface area contributed by atoms with Crippen molar-refractivity contribution in [2.75, 3.05) is 13.2 Å². The first-order chi connectivity index (χ1) is 6.18. The molecule has 0 radical (unpaired) electrons. The highest BCUT2D eigenvalue weighted by Crippen LogP contribution is 2.14. The Morgan fingerprint density at radius 2 is 2.46 bits per heavy atom. The van der Waals surface area contributed by atoms with Crippen LogP contribution in [0, 0.1) is 0 Å². The summed E-state index contributed by atoms with van der Waals surface area (Å²) in [5.41, 5.74) is 0.973. The summed E-state index contributed by atoms with van der Waals surface area (Å²) < 4.78 is 5.35. The molecule has 1 aliphatic heterocycles. The van der Waals surface area contributed by atoms with Gasteiger partial charge in [-0.2, -0.15) is 0 Å². The number of carbonyl (C=O) groups is 1. The van der Waals surface area contributed by atoms with Gasteiger partial charge in [-0.05, 0) is 19.8 Å². The van der Waals surface area contributed by atoms with Gasteiger partial charge in [0.25, 0.3) is 0 Å². The first-order valence-corrected chi connectivity index (χ1v) is 4.71. The average molecular weight is 183 g/mol. The van der Waals surface area contributed by atoms with E-state index in [1.54, 1.807) is 0 Å². The lowest BCUT2D eigenvalue weighted by molar-refractivity contribution is -0.123.